The van der Waals surface area contributed by atoms with Gasteiger partial charge in [-0.1, -0.05) is 24.4 Å². The number of rotatable bonds is 15. The minimum absolute atomic E-state index is 0.0922. The lowest BCUT2D eigenvalue weighted by molar-refractivity contribution is 0.279. The molecule has 0 bridgehead atoms. The van der Waals surface area contributed by atoms with Gasteiger partial charge in [0.25, 0.3) is 0 Å². The molecule has 4 N–H and O–H groups in total. The van der Waals surface area contributed by atoms with Crippen LogP contribution in [0.1, 0.15) is 85.6 Å². The van der Waals surface area contributed by atoms with Gasteiger partial charge in [0, 0.05) is 34.5 Å². The van der Waals surface area contributed by atoms with Crippen LogP contribution in [0.25, 0.3) is 11.3 Å². The summed E-state index contributed by atoms with van der Waals surface area (Å²) in [5.41, 5.74) is 8.63. The summed E-state index contributed by atoms with van der Waals surface area (Å²) in [6.07, 6.45) is 13.3. The van der Waals surface area contributed by atoms with Crippen LogP contribution in [0, 0.1) is 0 Å². The first-order chi connectivity index (χ1) is 19.7. The third-order valence-corrected chi connectivity index (χ3v) is 9.02. The van der Waals surface area contributed by atoms with Gasteiger partial charge in [0.05, 0.1) is 23.9 Å². The molecule has 2 fully saturated rings. The summed E-state index contributed by atoms with van der Waals surface area (Å²) in [5, 5.41) is 16.8. The zero-order valence-electron chi connectivity index (χ0n) is 23.3. The number of ether oxygens (including phenoxy) is 2. The molecule has 0 atom stereocenters. The minimum Gasteiger partial charge on any atom is -0.494 e. The van der Waals surface area contributed by atoms with E-state index in [2.05, 4.69) is 34.7 Å². The minimum atomic E-state index is 0.0922. The van der Waals surface area contributed by atoms with Crippen LogP contribution in [0.15, 0.2) is 53.7 Å². The van der Waals surface area contributed by atoms with Gasteiger partial charge in [0.2, 0.25) is 0 Å². The predicted octanol–water partition coefficient (Wildman–Crippen LogP) is 6.87. The average molecular weight is 563 g/mol. The molecule has 40 heavy (non-hydrogen) atoms. The molecule has 2 aliphatic rings. The number of nitrogens with one attached hydrogen (secondary N) is 1. The maximum atomic E-state index is 8.74. The van der Waals surface area contributed by atoms with Gasteiger partial charge in [-0.2, -0.15) is 0 Å². The maximum absolute atomic E-state index is 8.74. The van der Waals surface area contributed by atoms with Gasteiger partial charge < -0.3 is 25.7 Å². The van der Waals surface area contributed by atoms with E-state index in [1.807, 2.05) is 23.5 Å². The number of amidine groups is 1. The molecule has 7 nitrogen and oxygen atoms in total. The van der Waals surface area contributed by atoms with Gasteiger partial charge in [-0.05, 0) is 99.9 Å². The van der Waals surface area contributed by atoms with Crippen LogP contribution in [-0.4, -0.2) is 41.8 Å². The molecule has 0 unspecified atom stereocenters. The fourth-order valence-electron chi connectivity index (χ4n) is 5.22. The third kappa shape index (κ3) is 8.21. The molecular weight excluding hydrogens is 520 g/mol. The standard InChI is InChI=1S/C32H42N4O3S/c33-31(36-37)24-11-17-28(18-12-24)39-22-6-2-5-21-38-27-15-9-23(10-16-27)30-29(19-20-34-26-13-14-26)40-32(35-30)25-7-3-1-4-8-25/h9-12,15-18,25-26,34,37H,1-8,13-14,19-22H2,(H2,33,36). The Morgan fingerprint density at radius 2 is 1.55 bits per heavy atom. The summed E-state index contributed by atoms with van der Waals surface area (Å²) in [7, 11) is 0. The number of oxime groups is 1. The second-order valence-electron chi connectivity index (χ2n) is 10.9. The van der Waals surface area contributed by atoms with Crippen LogP contribution in [0.3, 0.4) is 0 Å². The van der Waals surface area contributed by atoms with Crippen molar-refractivity contribution in [3.05, 3.63) is 64.0 Å². The second-order valence-corrected chi connectivity index (χ2v) is 12.0. The fourth-order valence-corrected chi connectivity index (χ4v) is 6.47. The first-order valence-corrected chi connectivity index (χ1v) is 15.7. The summed E-state index contributed by atoms with van der Waals surface area (Å²) in [6, 6.07) is 16.5. The molecule has 0 spiro atoms. The molecule has 214 valence electrons. The van der Waals surface area contributed by atoms with Crippen LogP contribution < -0.4 is 20.5 Å². The van der Waals surface area contributed by atoms with E-state index < -0.39 is 0 Å². The lowest BCUT2D eigenvalue weighted by atomic mass is 9.90. The first-order valence-electron chi connectivity index (χ1n) is 14.9. The Morgan fingerprint density at radius 1 is 0.900 bits per heavy atom. The van der Waals surface area contributed by atoms with E-state index >= 15 is 0 Å². The van der Waals surface area contributed by atoms with E-state index in [9.17, 15) is 0 Å². The van der Waals surface area contributed by atoms with Crippen LogP contribution in [-0.2, 0) is 6.42 Å². The van der Waals surface area contributed by atoms with Crippen molar-refractivity contribution in [1.29, 1.82) is 0 Å². The number of nitrogens with two attached hydrogens (primary N) is 1. The highest BCUT2D eigenvalue weighted by Gasteiger charge is 2.23. The molecule has 5 rings (SSSR count). The van der Waals surface area contributed by atoms with Crippen molar-refractivity contribution in [1.82, 2.24) is 10.3 Å². The normalized spacial score (nSPS) is 16.2. The Labute approximate surface area is 241 Å². The molecule has 0 aliphatic heterocycles. The lowest BCUT2D eigenvalue weighted by Crippen LogP contribution is -2.19. The van der Waals surface area contributed by atoms with Crippen molar-refractivity contribution in [3.8, 4) is 22.8 Å². The molecule has 2 saturated carbocycles. The quantitative estimate of drug-likeness (QED) is 0.0614. The van der Waals surface area contributed by atoms with Gasteiger partial charge in [0.15, 0.2) is 5.84 Å². The summed E-state index contributed by atoms with van der Waals surface area (Å²) in [6.45, 7) is 2.37. The summed E-state index contributed by atoms with van der Waals surface area (Å²) in [5.74, 6) is 2.42. The van der Waals surface area contributed by atoms with E-state index in [0.717, 1.165) is 49.8 Å². The van der Waals surface area contributed by atoms with Crippen LogP contribution in [0.2, 0.25) is 0 Å². The number of aromatic nitrogens is 1. The fraction of sp³-hybridized carbons (Fsp3) is 0.500. The first kappa shape index (κ1) is 28.4. The summed E-state index contributed by atoms with van der Waals surface area (Å²) < 4.78 is 11.8. The van der Waals surface area contributed by atoms with Crippen molar-refractivity contribution in [3.63, 3.8) is 0 Å². The number of benzene rings is 2. The number of hydrogen-bond donors (Lipinski definition) is 3. The summed E-state index contributed by atoms with van der Waals surface area (Å²) in [4.78, 5) is 6.63. The molecule has 0 saturated heterocycles. The lowest BCUT2D eigenvalue weighted by Gasteiger charge is -2.18. The Kier molecular flexibility index (Phi) is 10.3. The van der Waals surface area contributed by atoms with Gasteiger partial charge in [-0.25, -0.2) is 4.98 Å². The largest absolute Gasteiger partial charge is 0.494 e. The molecule has 8 heteroatoms. The Hall–Kier alpha value is -3.10. The molecule has 1 heterocycles. The number of unbranched alkanes of at least 4 members (excludes halogenated alkanes) is 2. The van der Waals surface area contributed by atoms with E-state index in [1.165, 1.54) is 66.1 Å². The van der Waals surface area contributed by atoms with Gasteiger partial charge in [-0.3, -0.25) is 0 Å². The van der Waals surface area contributed by atoms with E-state index in [-0.39, 0.29) is 5.84 Å². The summed E-state index contributed by atoms with van der Waals surface area (Å²) >= 11 is 1.95. The smallest absolute Gasteiger partial charge is 0.170 e. The molecule has 2 aromatic carbocycles. The number of nitrogens with zero attached hydrogens (tertiary/aromatic N) is 2. The predicted molar refractivity (Wildman–Crippen MR) is 162 cm³/mol. The number of thiazole rings is 1. The zero-order chi connectivity index (χ0) is 27.6. The van der Waals surface area contributed by atoms with Gasteiger partial charge >= 0.3 is 0 Å². The van der Waals surface area contributed by atoms with E-state index in [4.69, 9.17) is 25.4 Å². The highest BCUT2D eigenvalue weighted by atomic mass is 32.1. The molecular formula is C32H42N4O3S. The van der Waals surface area contributed by atoms with Crippen molar-refractivity contribution >= 4 is 17.2 Å². The monoisotopic (exact) mass is 562 g/mol. The average Bonchev–Trinajstić information content (AvgIpc) is 3.74. The van der Waals surface area contributed by atoms with Crippen molar-refractivity contribution in [2.45, 2.75) is 82.6 Å². The Bertz CT molecular complexity index is 1220. The SMILES string of the molecule is NC(=NO)c1ccc(OCCCCCOc2ccc(-c3nc(C4CCCCC4)sc3CCNC3CC3)cc2)cc1. The molecule has 1 aromatic heterocycles. The van der Waals surface area contributed by atoms with E-state index in [0.29, 0.717) is 24.7 Å². The molecule has 3 aromatic rings. The van der Waals surface area contributed by atoms with Crippen LogP contribution in [0.5, 0.6) is 11.5 Å². The van der Waals surface area contributed by atoms with E-state index in [1.54, 1.807) is 12.1 Å². The second kappa shape index (κ2) is 14.5. The third-order valence-electron chi connectivity index (χ3n) is 7.74. The van der Waals surface area contributed by atoms with Crippen LogP contribution >= 0.6 is 11.3 Å². The maximum Gasteiger partial charge on any atom is 0.170 e. The molecule has 0 radical (unpaired) electrons. The van der Waals surface area contributed by atoms with Crippen LogP contribution in [0.4, 0.5) is 0 Å². The Morgan fingerprint density at radius 3 is 2.17 bits per heavy atom. The highest BCUT2D eigenvalue weighted by Crippen LogP contribution is 2.39. The Balaban J connectivity index is 1.06. The molecule has 0 amide bonds. The molecule has 2 aliphatic carbocycles. The van der Waals surface area contributed by atoms with Crippen molar-refractivity contribution in [2.24, 2.45) is 10.9 Å². The topological polar surface area (TPSA) is 102 Å². The highest BCUT2D eigenvalue weighted by molar-refractivity contribution is 7.12. The van der Waals surface area contributed by atoms with Gasteiger partial charge in [0.1, 0.15) is 11.5 Å². The van der Waals surface area contributed by atoms with Crippen molar-refractivity contribution in [2.75, 3.05) is 19.8 Å². The zero-order valence-corrected chi connectivity index (χ0v) is 24.1. The van der Waals surface area contributed by atoms with Gasteiger partial charge in [-0.15, -0.1) is 11.3 Å². The number of hydrogen-bond acceptors (Lipinski definition) is 7. The van der Waals surface area contributed by atoms with Crippen molar-refractivity contribution < 1.29 is 14.7 Å².